The standard InChI is InChI=1S/C20H19N5O3/c1-20(16-10-5-6-12-22-16)18(27)25(19(28)23-20)14-17(26)24(13-7-11-21)15-8-3-2-4-9-15/h2-6,8-10,12H,7,13-14H2,1H3,(H,23,28). The van der Waals surface area contributed by atoms with Crippen molar-refractivity contribution in [3.63, 3.8) is 0 Å². The number of rotatable bonds is 6. The van der Waals surface area contributed by atoms with Crippen molar-refractivity contribution in [3.8, 4) is 6.07 Å². The highest BCUT2D eigenvalue weighted by Gasteiger charge is 2.50. The van der Waals surface area contributed by atoms with Crippen LogP contribution in [0.4, 0.5) is 10.5 Å². The zero-order valence-corrected chi connectivity index (χ0v) is 15.3. The second kappa shape index (κ2) is 7.88. The summed E-state index contributed by atoms with van der Waals surface area (Å²) >= 11 is 0. The molecule has 4 amide bonds. The number of pyridine rings is 1. The van der Waals surface area contributed by atoms with Crippen molar-refractivity contribution in [1.82, 2.24) is 15.2 Å². The minimum atomic E-state index is -1.33. The predicted octanol–water partition coefficient (Wildman–Crippen LogP) is 1.80. The highest BCUT2D eigenvalue weighted by molar-refractivity contribution is 6.10. The molecule has 1 aromatic heterocycles. The van der Waals surface area contributed by atoms with Gasteiger partial charge in [-0.25, -0.2) is 4.79 Å². The van der Waals surface area contributed by atoms with Gasteiger partial charge in [-0.3, -0.25) is 19.5 Å². The first kappa shape index (κ1) is 19.0. The summed E-state index contributed by atoms with van der Waals surface area (Å²) < 4.78 is 0. The minimum absolute atomic E-state index is 0.131. The topological polar surface area (TPSA) is 106 Å². The van der Waals surface area contributed by atoms with Crippen molar-refractivity contribution < 1.29 is 14.4 Å². The van der Waals surface area contributed by atoms with Crippen LogP contribution >= 0.6 is 0 Å². The monoisotopic (exact) mass is 377 g/mol. The third kappa shape index (κ3) is 3.55. The molecule has 2 heterocycles. The molecule has 1 aromatic carbocycles. The number of amides is 4. The number of hydrogen-bond acceptors (Lipinski definition) is 5. The molecule has 0 spiro atoms. The lowest BCUT2D eigenvalue weighted by atomic mass is 9.97. The van der Waals surface area contributed by atoms with Gasteiger partial charge in [0.2, 0.25) is 5.91 Å². The number of para-hydroxylation sites is 1. The first-order valence-electron chi connectivity index (χ1n) is 8.75. The fraction of sp³-hybridized carbons (Fsp3) is 0.250. The number of carbonyl (C=O) groups excluding carboxylic acids is 3. The van der Waals surface area contributed by atoms with Crippen LogP contribution in [0.1, 0.15) is 19.0 Å². The van der Waals surface area contributed by atoms with Crippen LogP contribution in [-0.2, 0) is 15.1 Å². The summed E-state index contributed by atoms with van der Waals surface area (Å²) in [5.41, 5.74) is -0.335. The van der Waals surface area contributed by atoms with E-state index in [0.717, 1.165) is 4.90 Å². The Morgan fingerprint density at radius 1 is 1.21 bits per heavy atom. The summed E-state index contributed by atoms with van der Waals surface area (Å²) in [5.74, 6) is -0.993. The van der Waals surface area contributed by atoms with E-state index in [1.165, 1.54) is 11.1 Å². The van der Waals surface area contributed by atoms with Crippen molar-refractivity contribution in [3.05, 3.63) is 60.4 Å². The van der Waals surface area contributed by atoms with Crippen molar-refractivity contribution in [2.45, 2.75) is 18.9 Å². The molecule has 1 atom stereocenters. The Hall–Kier alpha value is -3.73. The molecule has 0 bridgehead atoms. The number of nitrogens with zero attached hydrogens (tertiary/aromatic N) is 4. The summed E-state index contributed by atoms with van der Waals surface area (Å²) in [5, 5.41) is 11.5. The summed E-state index contributed by atoms with van der Waals surface area (Å²) in [6, 6.07) is 15.3. The first-order chi connectivity index (χ1) is 13.5. The fourth-order valence-corrected chi connectivity index (χ4v) is 3.06. The van der Waals surface area contributed by atoms with Crippen LogP contribution < -0.4 is 10.2 Å². The second-order valence-electron chi connectivity index (χ2n) is 6.45. The number of nitriles is 1. The average molecular weight is 377 g/mol. The first-order valence-corrected chi connectivity index (χ1v) is 8.75. The highest BCUT2D eigenvalue weighted by atomic mass is 16.2. The Balaban J connectivity index is 1.81. The number of aromatic nitrogens is 1. The number of nitrogens with one attached hydrogen (secondary N) is 1. The number of urea groups is 1. The molecule has 142 valence electrons. The van der Waals surface area contributed by atoms with Gasteiger partial charge >= 0.3 is 6.03 Å². The van der Waals surface area contributed by atoms with Gasteiger partial charge in [-0.15, -0.1) is 0 Å². The van der Waals surface area contributed by atoms with Gasteiger partial charge in [0.25, 0.3) is 5.91 Å². The number of hydrogen-bond donors (Lipinski definition) is 1. The highest BCUT2D eigenvalue weighted by Crippen LogP contribution is 2.27. The number of anilines is 1. The van der Waals surface area contributed by atoms with Crippen molar-refractivity contribution >= 4 is 23.5 Å². The molecule has 2 aromatic rings. The zero-order valence-electron chi connectivity index (χ0n) is 15.3. The molecule has 3 rings (SSSR count). The molecule has 8 heteroatoms. The molecule has 1 N–H and O–H groups in total. The average Bonchev–Trinajstić information content (AvgIpc) is 2.94. The third-order valence-electron chi connectivity index (χ3n) is 4.56. The molecule has 0 saturated carbocycles. The molecule has 0 aliphatic carbocycles. The molecule has 0 radical (unpaired) electrons. The SMILES string of the molecule is CC1(c2ccccn2)NC(=O)N(CC(=O)N(CCC#N)c2ccccc2)C1=O. The maximum absolute atomic E-state index is 12.9. The summed E-state index contributed by atoms with van der Waals surface area (Å²) in [6.45, 7) is 1.30. The molecule has 1 aliphatic rings. The van der Waals surface area contributed by atoms with Gasteiger partial charge in [0.1, 0.15) is 6.54 Å². The van der Waals surface area contributed by atoms with Crippen molar-refractivity contribution in [2.75, 3.05) is 18.0 Å². The van der Waals surface area contributed by atoms with Gasteiger partial charge in [0, 0.05) is 18.4 Å². The third-order valence-corrected chi connectivity index (χ3v) is 4.56. The van der Waals surface area contributed by atoms with E-state index in [2.05, 4.69) is 10.3 Å². The Morgan fingerprint density at radius 2 is 1.93 bits per heavy atom. The van der Waals surface area contributed by atoms with Crippen LogP contribution in [0, 0.1) is 11.3 Å². The molecule has 8 nitrogen and oxygen atoms in total. The number of imide groups is 1. The largest absolute Gasteiger partial charge is 0.325 e. The van der Waals surface area contributed by atoms with Crippen LogP contribution in [-0.4, -0.2) is 40.8 Å². The van der Waals surface area contributed by atoms with E-state index in [9.17, 15) is 14.4 Å². The van der Waals surface area contributed by atoms with Crippen LogP contribution in [0.15, 0.2) is 54.7 Å². The lowest BCUT2D eigenvalue weighted by Gasteiger charge is -2.24. The molecular formula is C20H19N5O3. The van der Waals surface area contributed by atoms with Gasteiger partial charge in [0.15, 0.2) is 5.54 Å². The summed E-state index contributed by atoms with van der Waals surface area (Å²) in [6.07, 6.45) is 1.67. The van der Waals surface area contributed by atoms with Gasteiger partial charge in [0.05, 0.1) is 18.2 Å². The van der Waals surface area contributed by atoms with E-state index in [-0.39, 0.29) is 13.0 Å². The smallest absolute Gasteiger partial charge is 0.318 e. The van der Waals surface area contributed by atoms with Crippen molar-refractivity contribution in [1.29, 1.82) is 5.26 Å². The quantitative estimate of drug-likeness (QED) is 0.773. The number of carbonyl (C=O) groups is 3. The van der Waals surface area contributed by atoms with E-state index >= 15 is 0 Å². The van der Waals surface area contributed by atoms with E-state index in [0.29, 0.717) is 11.4 Å². The maximum Gasteiger partial charge on any atom is 0.325 e. The van der Waals surface area contributed by atoms with E-state index in [1.54, 1.807) is 49.4 Å². The molecule has 28 heavy (non-hydrogen) atoms. The Morgan fingerprint density at radius 3 is 2.57 bits per heavy atom. The second-order valence-corrected chi connectivity index (χ2v) is 6.45. The number of benzene rings is 1. The summed E-state index contributed by atoms with van der Waals surface area (Å²) in [7, 11) is 0. The van der Waals surface area contributed by atoms with Gasteiger partial charge in [-0.05, 0) is 31.2 Å². The molecular weight excluding hydrogens is 358 g/mol. The van der Waals surface area contributed by atoms with E-state index < -0.39 is 29.9 Å². The van der Waals surface area contributed by atoms with Crippen LogP contribution in [0.2, 0.25) is 0 Å². The Labute approximate surface area is 162 Å². The molecule has 1 fully saturated rings. The molecule has 1 saturated heterocycles. The van der Waals surface area contributed by atoms with Gasteiger partial charge in [-0.1, -0.05) is 24.3 Å². The summed E-state index contributed by atoms with van der Waals surface area (Å²) in [4.78, 5) is 44.7. The predicted molar refractivity (Wildman–Crippen MR) is 101 cm³/mol. The Bertz CT molecular complexity index is 926. The normalized spacial score (nSPS) is 18.5. The Kier molecular flexibility index (Phi) is 5.36. The van der Waals surface area contributed by atoms with E-state index in [4.69, 9.17) is 5.26 Å². The van der Waals surface area contributed by atoms with Crippen LogP contribution in [0.5, 0.6) is 0 Å². The lowest BCUT2D eigenvalue weighted by Crippen LogP contribution is -2.45. The van der Waals surface area contributed by atoms with Gasteiger partial charge < -0.3 is 10.2 Å². The molecule has 1 unspecified atom stereocenters. The zero-order chi connectivity index (χ0) is 20.1. The fourth-order valence-electron chi connectivity index (χ4n) is 3.06. The van der Waals surface area contributed by atoms with Crippen LogP contribution in [0.25, 0.3) is 0 Å². The molecule has 1 aliphatic heterocycles. The van der Waals surface area contributed by atoms with Crippen LogP contribution in [0.3, 0.4) is 0 Å². The lowest BCUT2D eigenvalue weighted by molar-refractivity contribution is -0.134. The minimum Gasteiger partial charge on any atom is -0.318 e. The van der Waals surface area contributed by atoms with Gasteiger partial charge in [-0.2, -0.15) is 5.26 Å². The van der Waals surface area contributed by atoms with Crippen molar-refractivity contribution in [2.24, 2.45) is 0 Å². The van der Waals surface area contributed by atoms with E-state index in [1.807, 2.05) is 12.1 Å². The maximum atomic E-state index is 12.9.